The molecule has 0 aliphatic rings. The van der Waals surface area contributed by atoms with Crippen LogP contribution in [0.25, 0.3) is 0 Å². The Morgan fingerprint density at radius 1 is 1.22 bits per heavy atom. The van der Waals surface area contributed by atoms with Gasteiger partial charge in [-0.15, -0.1) is 0 Å². The highest BCUT2D eigenvalue weighted by Crippen LogP contribution is 2.30. The Morgan fingerprint density at radius 3 is 2.81 bits per heavy atom. The van der Waals surface area contributed by atoms with E-state index in [-0.39, 0.29) is 24.8 Å². The average Bonchev–Trinajstić information content (AvgIpc) is 2.64. The SMILES string of the molecule is Nc1ncnc(Nc2ccc(OCc3cccc(F)c3)c(Cl)c2)c1CN=O. The molecule has 138 valence electrons. The Kier molecular flexibility index (Phi) is 5.77. The van der Waals surface area contributed by atoms with E-state index >= 15 is 0 Å². The van der Waals surface area contributed by atoms with Gasteiger partial charge in [0.2, 0.25) is 0 Å². The quantitative estimate of drug-likeness (QED) is 0.581. The molecule has 0 aliphatic heterocycles. The molecule has 3 N–H and O–H groups in total. The summed E-state index contributed by atoms with van der Waals surface area (Å²) in [7, 11) is 0. The van der Waals surface area contributed by atoms with Crippen LogP contribution >= 0.6 is 11.6 Å². The molecule has 3 aromatic rings. The molecule has 2 aromatic carbocycles. The molecule has 0 saturated carbocycles. The first-order valence-corrected chi connectivity index (χ1v) is 8.27. The number of hydrogen-bond donors (Lipinski definition) is 2. The second-order valence-electron chi connectivity index (χ2n) is 5.56. The van der Waals surface area contributed by atoms with Gasteiger partial charge >= 0.3 is 0 Å². The van der Waals surface area contributed by atoms with Gasteiger partial charge in [-0.25, -0.2) is 14.4 Å². The van der Waals surface area contributed by atoms with Crippen molar-refractivity contribution < 1.29 is 9.13 Å². The van der Waals surface area contributed by atoms with Gasteiger partial charge in [0.15, 0.2) is 0 Å². The topological polar surface area (TPSA) is 102 Å². The first kappa shape index (κ1) is 18.5. The van der Waals surface area contributed by atoms with Crippen molar-refractivity contribution in [2.24, 2.45) is 5.18 Å². The second-order valence-corrected chi connectivity index (χ2v) is 5.97. The summed E-state index contributed by atoms with van der Waals surface area (Å²) < 4.78 is 18.8. The normalized spacial score (nSPS) is 10.4. The summed E-state index contributed by atoms with van der Waals surface area (Å²) in [5, 5.41) is 6.22. The number of benzene rings is 2. The maximum atomic E-state index is 13.2. The zero-order chi connectivity index (χ0) is 19.2. The molecule has 7 nitrogen and oxygen atoms in total. The average molecular weight is 388 g/mol. The van der Waals surface area contributed by atoms with Crippen molar-refractivity contribution in [3.05, 3.63) is 75.7 Å². The fourth-order valence-electron chi connectivity index (χ4n) is 2.37. The van der Waals surface area contributed by atoms with Crippen molar-refractivity contribution >= 4 is 28.9 Å². The van der Waals surface area contributed by atoms with Gasteiger partial charge in [0.05, 0.1) is 10.6 Å². The van der Waals surface area contributed by atoms with E-state index in [1.165, 1.54) is 18.5 Å². The molecule has 0 unspecified atom stereocenters. The van der Waals surface area contributed by atoms with Gasteiger partial charge in [0.1, 0.15) is 42.7 Å². The minimum Gasteiger partial charge on any atom is -0.487 e. The van der Waals surface area contributed by atoms with Crippen molar-refractivity contribution in [1.82, 2.24) is 9.97 Å². The molecule has 0 amide bonds. The van der Waals surface area contributed by atoms with Crippen molar-refractivity contribution in [3.8, 4) is 5.75 Å². The van der Waals surface area contributed by atoms with E-state index < -0.39 is 0 Å². The number of rotatable bonds is 7. The van der Waals surface area contributed by atoms with Crippen LogP contribution in [-0.4, -0.2) is 9.97 Å². The fraction of sp³-hybridized carbons (Fsp3) is 0.111. The van der Waals surface area contributed by atoms with Crippen LogP contribution in [0.3, 0.4) is 0 Å². The molecule has 0 atom stereocenters. The zero-order valence-electron chi connectivity index (χ0n) is 14.0. The zero-order valence-corrected chi connectivity index (χ0v) is 14.8. The predicted octanol–water partition coefficient (Wildman–Crippen LogP) is 4.44. The summed E-state index contributed by atoms with van der Waals surface area (Å²) in [5.74, 6) is 0.662. The number of ether oxygens (including phenoxy) is 1. The minimum atomic E-state index is -0.327. The highest BCUT2D eigenvalue weighted by atomic mass is 35.5. The predicted molar refractivity (Wildman–Crippen MR) is 101 cm³/mol. The third kappa shape index (κ3) is 4.68. The number of nitrogens with two attached hydrogens (primary N) is 1. The molecular formula is C18H15ClFN5O2. The van der Waals surface area contributed by atoms with Gasteiger partial charge in [-0.3, -0.25) is 0 Å². The van der Waals surface area contributed by atoms with Gasteiger partial charge in [-0.2, -0.15) is 4.91 Å². The molecule has 3 rings (SSSR count). The van der Waals surface area contributed by atoms with Crippen LogP contribution in [0, 0.1) is 10.7 Å². The lowest BCUT2D eigenvalue weighted by atomic mass is 10.2. The summed E-state index contributed by atoms with van der Waals surface area (Å²) in [5.41, 5.74) is 7.46. The number of hydrogen-bond acceptors (Lipinski definition) is 7. The minimum absolute atomic E-state index is 0.155. The lowest BCUT2D eigenvalue weighted by Crippen LogP contribution is -2.04. The maximum Gasteiger partial charge on any atom is 0.141 e. The van der Waals surface area contributed by atoms with Gasteiger partial charge in [-0.1, -0.05) is 28.9 Å². The van der Waals surface area contributed by atoms with Crippen LogP contribution in [0.1, 0.15) is 11.1 Å². The van der Waals surface area contributed by atoms with E-state index in [2.05, 4.69) is 20.5 Å². The summed E-state index contributed by atoms with van der Waals surface area (Å²) in [6.07, 6.45) is 1.28. The van der Waals surface area contributed by atoms with E-state index in [4.69, 9.17) is 22.1 Å². The molecule has 1 aromatic heterocycles. The Balaban J connectivity index is 1.73. The number of nitrogens with one attached hydrogen (secondary N) is 1. The third-order valence-corrected chi connectivity index (χ3v) is 3.97. The van der Waals surface area contributed by atoms with Crippen LogP contribution in [0.4, 0.5) is 21.7 Å². The highest BCUT2D eigenvalue weighted by molar-refractivity contribution is 6.32. The smallest absolute Gasteiger partial charge is 0.141 e. The molecule has 0 aliphatic carbocycles. The fourth-order valence-corrected chi connectivity index (χ4v) is 2.61. The van der Waals surface area contributed by atoms with Crippen LogP contribution < -0.4 is 15.8 Å². The Hall–Kier alpha value is -3.26. The van der Waals surface area contributed by atoms with Gasteiger partial charge in [-0.05, 0) is 35.9 Å². The van der Waals surface area contributed by atoms with Crippen molar-refractivity contribution in [2.45, 2.75) is 13.2 Å². The monoisotopic (exact) mass is 387 g/mol. The highest BCUT2D eigenvalue weighted by Gasteiger charge is 2.11. The maximum absolute atomic E-state index is 13.2. The number of nitroso groups, excluding NO2 is 1. The van der Waals surface area contributed by atoms with Crippen LogP contribution in [0.15, 0.2) is 54.0 Å². The van der Waals surface area contributed by atoms with Gasteiger partial charge < -0.3 is 15.8 Å². The Morgan fingerprint density at radius 2 is 2.07 bits per heavy atom. The number of nitrogen functional groups attached to an aromatic ring is 1. The molecule has 0 spiro atoms. The summed E-state index contributed by atoms with van der Waals surface area (Å²) in [4.78, 5) is 18.5. The Labute approximate surface area is 159 Å². The molecule has 1 heterocycles. The van der Waals surface area contributed by atoms with E-state index in [1.807, 2.05) is 0 Å². The van der Waals surface area contributed by atoms with E-state index in [0.29, 0.717) is 33.4 Å². The van der Waals surface area contributed by atoms with Crippen molar-refractivity contribution in [3.63, 3.8) is 0 Å². The summed E-state index contributed by atoms with van der Waals surface area (Å²) >= 11 is 6.26. The van der Waals surface area contributed by atoms with Crippen LogP contribution in [0.2, 0.25) is 5.02 Å². The molecule has 27 heavy (non-hydrogen) atoms. The van der Waals surface area contributed by atoms with Gasteiger partial charge in [0.25, 0.3) is 0 Å². The molecule has 0 fully saturated rings. The van der Waals surface area contributed by atoms with E-state index in [0.717, 1.165) is 0 Å². The van der Waals surface area contributed by atoms with Crippen LogP contribution in [0.5, 0.6) is 5.75 Å². The first-order valence-electron chi connectivity index (χ1n) is 7.89. The molecule has 0 radical (unpaired) electrons. The third-order valence-electron chi connectivity index (χ3n) is 3.68. The lowest BCUT2D eigenvalue weighted by molar-refractivity contribution is 0.306. The lowest BCUT2D eigenvalue weighted by Gasteiger charge is -2.13. The van der Waals surface area contributed by atoms with E-state index in [1.54, 1.807) is 30.3 Å². The van der Waals surface area contributed by atoms with Crippen molar-refractivity contribution in [1.29, 1.82) is 0 Å². The summed E-state index contributed by atoms with van der Waals surface area (Å²) in [6.45, 7) is 0.0272. The number of halogens is 2. The number of nitrogens with zero attached hydrogens (tertiary/aromatic N) is 3. The number of aromatic nitrogens is 2. The molecular weight excluding hydrogens is 373 g/mol. The first-order chi connectivity index (χ1) is 13.1. The molecule has 0 saturated heterocycles. The molecule has 9 heteroatoms. The van der Waals surface area contributed by atoms with Crippen molar-refractivity contribution in [2.75, 3.05) is 11.1 Å². The van der Waals surface area contributed by atoms with Crippen LogP contribution in [-0.2, 0) is 13.2 Å². The Bertz CT molecular complexity index is 970. The standard InChI is InChI=1S/C18H15ClFN5O2/c19-15-7-13(25-18-14(8-24-26)17(21)22-10-23-18)4-5-16(15)27-9-11-2-1-3-12(20)6-11/h1-7,10H,8-9H2,(H3,21,22,23,25). The number of anilines is 3. The van der Waals surface area contributed by atoms with Gasteiger partial charge in [0, 0.05) is 5.69 Å². The largest absolute Gasteiger partial charge is 0.487 e. The van der Waals surface area contributed by atoms with E-state index in [9.17, 15) is 9.30 Å². The molecule has 0 bridgehead atoms. The second kappa shape index (κ2) is 8.41. The summed E-state index contributed by atoms with van der Waals surface area (Å²) in [6, 6.07) is 11.2.